The summed E-state index contributed by atoms with van der Waals surface area (Å²) in [5.41, 5.74) is 15.6. The second kappa shape index (κ2) is 15.1. The fourth-order valence-electron chi connectivity index (χ4n) is 9.30. The maximum absolute atomic E-state index is 6.76. The molecule has 0 spiro atoms. The van der Waals surface area contributed by atoms with Crippen molar-refractivity contribution in [2.24, 2.45) is 0 Å². The van der Waals surface area contributed by atoms with Crippen LogP contribution in [0.4, 0.5) is 11.4 Å². The van der Waals surface area contributed by atoms with Gasteiger partial charge < -0.3 is 13.7 Å². The van der Waals surface area contributed by atoms with E-state index in [1.165, 1.54) is 39.0 Å². The Morgan fingerprint density at radius 1 is 0.517 bits per heavy atom. The number of fused-ring (bicyclic) bond motifs is 6. The lowest BCUT2D eigenvalue weighted by atomic mass is 9.84. The van der Waals surface area contributed by atoms with Crippen LogP contribution in [0.5, 0.6) is 0 Å². The smallest absolute Gasteiger partial charge is 0.137 e. The maximum atomic E-state index is 6.76. The first kappa shape index (κ1) is 35.8. The van der Waals surface area contributed by atoms with E-state index in [9.17, 15) is 0 Å². The van der Waals surface area contributed by atoms with Gasteiger partial charge in [-0.2, -0.15) is 0 Å². The monoisotopic (exact) mass is 773 g/mol. The molecule has 60 heavy (non-hydrogen) atoms. The number of nitrogens with zero attached hydrogens (tertiary/aromatic N) is 1. The lowest BCUT2D eigenvalue weighted by Crippen LogP contribution is -2.19. The summed E-state index contributed by atoms with van der Waals surface area (Å²) in [4.78, 5) is 2.37. The summed E-state index contributed by atoms with van der Waals surface area (Å²) in [6, 6.07) is 69.8. The molecule has 2 aromatic heterocycles. The summed E-state index contributed by atoms with van der Waals surface area (Å²) in [6.45, 7) is 2.18. The number of hydrogen-bond acceptors (Lipinski definition) is 3. The van der Waals surface area contributed by atoms with Crippen molar-refractivity contribution in [1.29, 1.82) is 0 Å². The second-order valence-electron chi connectivity index (χ2n) is 16.2. The number of para-hydroxylation sites is 1. The van der Waals surface area contributed by atoms with Crippen molar-refractivity contribution in [2.45, 2.75) is 31.6 Å². The van der Waals surface area contributed by atoms with Gasteiger partial charge in [-0.15, -0.1) is 0 Å². The Kier molecular flexibility index (Phi) is 9.01. The molecular weight excluding hydrogens is 731 g/mol. The van der Waals surface area contributed by atoms with Gasteiger partial charge in [0.05, 0.1) is 0 Å². The standard InChI is InChI=1S/C57H43NO2/c1-38-14-13-21-42(30-38)52(31-39-15-5-2-6-16-39)43-24-29-55-53(35-43)51-28-26-47(37-57(51)60-55)58(46-25-27-50-49-22-11-12-23-54(49)59-56(50)36-46)48-33-44(40-17-7-3-8-18-40)32-45(34-48)41-19-9-4-10-20-41/h2-30,33-37,44,52H,31-32H2,1H3/t44?,52-/m0/s1. The first-order valence-electron chi connectivity index (χ1n) is 20.9. The number of furan rings is 2. The van der Waals surface area contributed by atoms with E-state index in [2.05, 4.69) is 206 Å². The van der Waals surface area contributed by atoms with Crippen LogP contribution >= 0.6 is 0 Å². The molecule has 1 aliphatic carbocycles. The topological polar surface area (TPSA) is 29.5 Å². The molecule has 0 fully saturated rings. The first-order valence-corrected chi connectivity index (χ1v) is 20.9. The predicted molar refractivity (Wildman–Crippen MR) is 249 cm³/mol. The Bertz CT molecular complexity index is 3230. The minimum absolute atomic E-state index is 0.185. The summed E-state index contributed by atoms with van der Waals surface area (Å²) in [5.74, 6) is 0.385. The van der Waals surface area contributed by atoms with Crippen LogP contribution < -0.4 is 4.90 Å². The Labute approximate surface area is 350 Å². The Morgan fingerprint density at radius 2 is 1.13 bits per heavy atom. The van der Waals surface area contributed by atoms with Crippen molar-refractivity contribution in [3.8, 4) is 0 Å². The van der Waals surface area contributed by atoms with Gasteiger partial charge >= 0.3 is 0 Å². The maximum Gasteiger partial charge on any atom is 0.137 e. The van der Waals surface area contributed by atoms with Gasteiger partial charge in [-0.1, -0.05) is 151 Å². The average Bonchev–Trinajstić information content (AvgIpc) is 3.86. The molecular formula is C57H43NO2. The van der Waals surface area contributed by atoms with E-state index in [-0.39, 0.29) is 11.8 Å². The molecule has 2 heterocycles. The van der Waals surface area contributed by atoms with E-state index in [0.29, 0.717) is 0 Å². The van der Waals surface area contributed by atoms with E-state index in [4.69, 9.17) is 8.83 Å². The minimum atomic E-state index is 0.185. The predicted octanol–water partition coefficient (Wildman–Crippen LogP) is 15.5. The number of hydrogen-bond donors (Lipinski definition) is 0. The van der Waals surface area contributed by atoms with Gasteiger partial charge in [0.15, 0.2) is 0 Å². The van der Waals surface area contributed by atoms with Crippen LogP contribution in [0.3, 0.4) is 0 Å². The summed E-state index contributed by atoms with van der Waals surface area (Å²) < 4.78 is 13.2. The largest absolute Gasteiger partial charge is 0.456 e. The normalized spacial score (nSPS) is 14.7. The molecule has 0 bridgehead atoms. The molecule has 0 saturated carbocycles. The zero-order valence-corrected chi connectivity index (χ0v) is 33.5. The molecule has 0 saturated heterocycles. The van der Waals surface area contributed by atoms with Crippen molar-refractivity contribution in [3.63, 3.8) is 0 Å². The van der Waals surface area contributed by atoms with Crippen molar-refractivity contribution >= 4 is 60.8 Å². The number of benzene rings is 8. The van der Waals surface area contributed by atoms with Crippen LogP contribution in [0, 0.1) is 6.92 Å². The van der Waals surface area contributed by atoms with E-state index in [1.807, 2.05) is 12.1 Å². The van der Waals surface area contributed by atoms with Crippen molar-refractivity contribution in [1.82, 2.24) is 0 Å². The molecule has 0 amide bonds. The van der Waals surface area contributed by atoms with E-state index < -0.39 is 0 Å². The van der Waals surface area contributed by atoms with Crippen LogP contribution in [0.2, 0.25) is 0 Å². The van der Waals surface area contributed by atoms with Gasteiger partial charge in [0, 0.05) is 62.6 Å². The number of aryl methyl sites for hydroxylation is 1. The van der Waals surface area contributed by atoms with Crippen molar-refractivity contribution in [3.05, 3.63) is 245 Å². The zero-order chi connectivity index (χ0) is 40.0. The molecule has 10 aromatic rings. The molecule has 288 valence electrons. The highest BCUT2D eigenvalue weighted by atomic mass is 16.3. The molecule has 3 heteroatoms. The number of rotatable bonds is 9. The highest BCUT2D eigenvalue weighted by molar-refractivity contribution is 6.08. The van der Waals surface area contributed by atoms with Gasteiger partial charge in [-0.25, -0.2) is 0 Å². The van der Waals surface area contributed by atoms with Crippen molar-refractivity contribution < 1.29 is 8.83 Å². The minimum Gasteiger partial charge on any atom is -0.456 e. The fourth-order valence-corrected chi connectivity index (χ4v) is 9.30. The third-order valence-corrected chi connectivity index (χ3v) is 12.3. The van der Waals surface area contributed by atoms with E-state index in [1.54, 1.807) is 0 Å². The second-order valence-corrected chi connectivity index (χ2v) is 16.2. The zero-order valence-electron chi connectivity index (χ0n) is 33.5. The van der Waals surface area contributed by atoms with Gasteiger partial charge in [0.1, 0.15) is 22.3 Å². The molecule has 0 aliphatic heterocycles. The quantitative estimate of drug-likeness (QED) is 0.146. The Balaban J connectivity index is 1.07. The first-order chi connectivity index (χ1) is 29.6. The summed E-state index contributed by atoms with van der Waals surface area (Å²) >= 11 is 0. The van der Waals surface area contributed by atoms with Gasteiger partial charge in [0.2, 0.25) is 0 Å². The van der Waals surface area contributed by atoms with Crippen molar-refractivity contribution in [2.75, 3.05) is 4.90 Å². The molecule has 0 N–H and O–H groups in total. The molecule has 0 radical (unpaired) electrons. The van der Waals surface area contributed by atoms with Gasteiger partial charge in [0.25, 0.3) is 0 Å². The number of allylic oxidation sites excluding steroid dienone is 3. The van der Waals surface area contributed by atoms with E-state index >= 15 is 0 Å². The van der Waals surface area contributed by atoms with Crippen LogP contribution in [-0.2, 0) is 6.42 Å². The van der Waals surface area contributed by atoms with E-state index in [0.717, 1.165) is 73.8 Å². The van der Waals surface area contributed by atoms with Gasteiger partial charge in [-0.3, -0.25) is 0 Å². The van der Waals surface area contributed by atoms with Crippen LogP contribution in [0.15, 0.2) is 221 Å². The Morgan fingerprint density at radius 3 is 1.87 bits per heavy atom. The summed E-state index contributed by atoms with van der Waals surface area (Å²) in [6.07, 6.45) is 6.62. The molecule has 1 aliphatic rings. The highest BCUT2D eigenvalue weighted by Crippen LogP contribution is 2.44. The summed E-state index contributed by atoms with van der Waals surface area (Å²) in [7, 11) is 0. The van der Waals surface area contributed by atoms with Crippen LogP contribution in [-0.4, -0.2) is 0 Å². The Hall–Kier alpha value is -7.36. The lowest BCUT2D eigenvalue weighted by molar-refractivity contribution is 0.668. The lowest BCUT2D eigenvalue weighted by Gasteiger charge is -2.31. The average molecular weight is 774 g/mol. The molecule has 11 rings (SSSR count). The third kappa shape index (κ3) is 6.68. The molecule has 3 nitrogen and oxygen atoms in total. The van der Waals surface area contributed by atoms with Crippen LogP contribution in [0.25, 0.3) is 49.5 Å². The number of anilines is 2. The van der Waals surface area contributed by atoms with Crippen LogP contribution in [0.1, 0.15) is 51.6 Å². The SMILES string of the molecule is Cc1cccc([C@H](Cc2ccccc2)c2ccc3oc4cc(N(C5=CC(c6ccccc6)CC(c6ccccc6)=C5)c5ccc6c(c5)oc5ccccc56)ccc4c3c2)c1. The third-order valence-electron chi connectivity index (χ3n) is 12.3. The fraction of sp³-hybridized carbons (Fsp3) is 0.0877. The highest BCUT2D eigenvalue weighted by Gasteiger charge is 2.25. The molecule has 1 unspecified atom stereocenters. The molecule has 8 aromatic carbocycles. The van der Waals surface area contributed by atoms with Gasteiger partial charge in [-0.05, 0) is 102 Å². The summed E-state index contributed by atoms with van der Waals surface area (Å²) in [5, 5.41) is 4.46. The molecule has 2 atom stereocenters.